The lowest BCUT2D eigenvalue weighted by Crippen LogP contribution is -3.16. The molecule has 0 atom stereocenters. The largest absolute Gasteiger partial charge is 0.497 e. The number of benzene rings is 1. The molecule has 1 aliphatic carbocycles. The van der Waals surface area contributed by atoms with Gasteiger partial charge in [0.1, 0.15) is 11.3 Å². The van der Waals surface area contributed by atoms with Crippen LogP contribution in [0.4, 0.5) is 10.5 Å². The molecule has 0 unspecified atom stereocenters. The maximum atomic E-state index is 13.0. The number of rotatable bonds is 4. The first-order valence-electron chi connectivity index (χ1n) is 10.4. The first kappa shape index (κ1) is 19.1. The summed E-state index contributed by atoms with van der Waals surface area (Å²) in [5, 5.41) is 3.03. The van der Waals surface area contributed by atoms with E-state index in [1.807, 2.05) is 12.1 Å². The molecule has 152 valence electrons. The molecule has 4 rings (SSSR count). The summed E-state index contributed by atoms with van der Waals surface area (Å²) < 4.78 is 5.22. The summed E-state index contributed by atoms with van der Waals surface area (Å²) in [6, 6.07) is 7.91. The van der Waals surface area contributed by atoms with Gasteiger partial charge in [0.05, 0.1) is 33.3 Å². The summed E-state index contributed by atoms with van der Waals surface area (Å²) >= 11 is 0. The Balaban J connectivity index is 1.33. The number of quaternary nitrogens is 1. The van der Waals surface area contributed by atoms with Crippen molar-refractivity contribution in [1.29, 1.82) is 0 Å². The Morgan fingerprint density at radius 2 is 1.79 bits per heavy atom. The van der Waals surface area contributed by atoms with E-state index < -0.39 is 5.54 Å². The maximum Gasteiger partial charge on any atom is 0.329 e. The van der Waals surface area contributed by atoms with E-state index in [4.69, 9.17) is 4.74 Å². The maximum absolute atomic E-state index is 13.0. The predicted molar refractivity (Wildman–Crippen MR) is 107 cm³/mol. The molecule has 2 aliphatic heterocycles. The van der Waals surface area contributed by atoms with E-state index >= 15 is 0 Å². The van der Waals surface area contributed by atoms with Gasteiger partial charge in [-0.2, -0.15) is 0 Å². The number of anilines is 1. The molecule has 0 bridgehead atoms. The monoisotopic (exact) mass is 387 g/mol. The lowest BCUT2D eigenvalue weighted by molar-refractivity contribution is -0.907. The first-order chi connectivity index (χ1) is 13.5. The van der Waals surface area contributed by atoms with Crippen molar-refractivity contribution >= 4 is 17.6 Å². The molecule has 2 heterocycles. The fourth-order valence-electron chi connectivity index (χ4n) is 4.67. The molecule has 3 fully saturated rings. The van der Waals surface area contributed by atoms with Crippen LogP contribution in [0, 0.1) is 5.92 Å². The van der Waals surface area contributed by atoms with Gasteiger partial charge in [0.25, 0.3) is 5.91 Å². The number of urea groups is 1. The third kappa shape index (κ3) is 3.55. The van der Waals surface area contributed by atoms with Crippen LogP contribution in [-0.2, 0) is 4.79 Å². The molecule has 7 nitrogen and oxygen atoms in total. The highest BCUT2D eigenvalue weighted by atomic mass is 16.5. The molecular weight excluding hydrogens is 356 g/mol. The fourth-order valence-corrected chi connectivity index (χ4v) is 4.67. The summed E-state index contributed by atoms with van der Waals surface area (Å²) in [7, 11) is 1.67. The molecule has 1 aromatic carbocycles. The number of nitrogens with zero attached hydrogens (tertiary/aromatic N) is 2. The van der Waals surface area contributed by atoms with Gasteiger partial charge in [-0.1, -0.05) is 6.92 Å². The summed E-state index contributed by atoms with van der Waals surface area (Å²) in [6.45, 7) is 6.33. The van der Waals surface area contributed by atoms with Crippen LogP contribution in [0.2, 0.25) is 0 Å². The Kier molecular flexibility index (Phi) is 5.19. The average molecular weight is 388 g/mol. The summed E-state index contributed by atoms with van der Waals surface area (Å²) in [5.74, 6) is 1.49. The quantitative estimate of drug-likeness (QED) is 0.752. The molecule has 0 radical (unpaired) electrons. The SMILES string of the molecule is COc1ccc(N2CC[NH+](CN3C(=O)NC4(CCC(C)CC4)C3=O)CC2)cc1. The number of amides is 3. The minimum Gasteiger partial charge on any atom is -0.497 e. The molecule has 7 heteroatoms. The fraction of sp³-hybridized carbons (Fsp3) is 0.619. The lowest BCUT2D eigenvalue weighted by atomic mass is 9.77. The van der Waals surface area contributed by atoms with Gasteiger partial charge in [-0.3, -0.25) is 4.79 Å². The molecule has 28 heavy (non-hydrogen) atoms. The Morgan fingerprint density at radius 1 is 1.14 bits per heavy atom. The van der Waals surface area contributed by atoms with Gasteiger partial charge in [0.15, 0.2) is 6.67 Å². The number of ether oxygens (including phenoxy) is 1. The number of methoxy groups -OCH3 is 1. The van der Waals surface area contributed by atoms with Crippen molar-refractivity contribution in [3.8, 4) is 5.75 Å². The van der Waals surface area contributed by atoms with Crippen molar-refractivity contribution in [2.45, 2.75) is 38.1 Å². The van der Waals surface area contributed by atoms with E-state index in [0.29, 0.717) is 12.6 Å². The van der Waals surface area contributed by atoms with Crippen LogP contribution in [0.1, 0.15) is 32.6 Å². The van der Waals surface area contributed by atoms with Crippen LogP contribution in [-0.4, -0.2) is 62.3 Å². The second-order valence-electron chi connectivity index (χ2n) is 8.52. The number of nitrogens with one attached hydrogen (secondary N) is 2. The zero-order chi connectivity index (χ0) is 19.7. The van der Waals surface area contributed by atoms with E-state index in [-0.39, 0.29) is 11.9 Å². The number of carbonyl (C=O) groups is 2. The molecule has 3 amide bonds. The standard InChI is InChI=1S/C21H30N4O3/c1-16-7-9-21(10-8-16)19(26)25(20(27)22-21)15-23-11-13-24(14-12-23)17-3-5-18(28-2)6-4-17/h3-6,16H,7-15H2,1-2H3,(H,22,27)/p+1. The smallest absolute Gasteiger partial charge is 0.329 e. The van der Waals surface area contributed by atoms with Crippen molar-refractivity contribution in [3.63, 3.8) is 0 Å². The van der Waals surface area contributed by atoms with Crippen molar-refractivity contribution < 1.29 is 19.2 Å². The Labute approximate surface area is 166 Å². The van der Waals surface area contributed by atoms with Crippen LogP contribution in [0.25, 0.3) is 0 Å². The molecule has 3 aliphatic rings. The van der Waals surface area contributed by atoms with Gasteiger partial charge in [-0.05, 0) is 55.9 Å². The van der Waals surface area contributed by atoms with Gasteiger partial charge < -0.3 is 19.9 Å². The molecule has 1 spiro atoms. The highest BCUT2D eigenvalue weighted by molar-refractivity contribution is 6.06. The van der Waals surface area contributed by atoms with E-state index in [9.17, 15) is 9.59 Å². The van der Waals surface area contributed by atoms with Gasteiger partial charge in [0, 0.05) is 5.69 Å². The van der Waals surface area contributed by atoms with E-state index in [2.05, 4.69) is 29.3 Å². The number of hydrogen-bond acceptors (Lipinski definition) is 4. The number of hydrogen-bond donors (Lipinski definition) is 2. The Hall–Kier alpha value is -2.28. The highest BCUT2D eigenvalue weighted by Crippen LogP contribution is 2.36. The van der Waals surface area contributed by atoms with E-state index in [1.165, 1.54) is 15.5 Å². The second kappa shape index (κ2) is 7.62. The minimum absolute atomic E-state index is 0.00511. The van der Waals surface area contributed by atoms with Crippen LogP contribution in [0.3, 0.4) is 0 Å². The molecular formula is C21H31N4O3+. The summed E-state index contributed by atoms with van der Waals surface area (Å²) in [6.07, 6.45) is 3.56. The lowest BCUT2D eigenvalue weighted by Gasteiger charge is -2.35. The Morgan fingerprint density at radius 3 is 2.39 bits per heavy atom. The normalized spacial score (nSPS) is 28.7. The zero-order valence-corrected chi connectivity index (χ0v) is 16.9. The third-order valence-corrected chi connectivity index (χ3v) is 6.66. The van der Waals surface area contributed by atoms with Gasteiger partial charge in [-0.15, -0.1) is 0 Å². The average Bonchev–Trinajstić information content (AvgIpc) is 2.95. The van der Waals surface area contributed by atoms with Crippen molar-refractivity contribution in [1.82, 2.24) is 10.2 Å². The Bertz CT molecular complexity index is 720. The zero-order valence-electron chi connectivity index (χ0n) is 16.9. The minimum atomic E-state index is -0.631. The summed E-state index contributed by atoms with van der Waals surface area (Å²) in [4.78, 5) is 30.6. The highest BCUT2D eigenvalue weighted by Gasteiger charge is 2.53. The topological polar surface area (TPSA) is 66.3 Å². The van der Waals surface area contributed by atoms with Gasteiger partial charge in [-0.25, -0.2) is 9.69 Å². The number of imide groups is 1. The van der Waals surface area contributed by atoms with Crippen molar-refractivity contribution in [2.24, 2.45) is 5.92 Å². The van der Waals surface area contributed by atoms with E-state index in [1.54, 1.807) is 7.11 Å². The first-order valence-corrected chi connectivity index (χ1v) is 10.4. The third-order valence-electron chi connectivity index (χ3n) is 6.66. The van der Waals surface area contributed by atoms with Crippen molar-refractivity contribution in [3.05, 3.63) is 24.3 Å². The van der Waals surface area contributed by atoms with Crippen LogP contribution in [0.15, 0.2) is 24.3 Å². The number of carbonyl (C=O) groups excluding carboxylic acids is 2. The molecule has 0 aromatic heterocycles. The number of piperazine rings is 1. The summed E-state index contributed by atoms with van der Waals surface area (Å²) in [5.41, 5.74) is 0.554. The molecule has 1 aromatic rings. The van der Waals surface area contributed by atoms with Gasteiger partial charge in [0.2, 0.25) is 0 Å². The van der Waals surface area contributed by atoms with Crippen LogP contribution in [0.5, 0.6) is 5.75 Å². The van der Waals surface area contributed by atoms with Crippen LogP contribution >= 0.6 is 0 Å². The van der Waals surface area contributed by atoms with Gasteiger partial charge >= 0.3 is 6.03 Å². The second-order valence-corrected chi connectivity index (χ2v) is 8.52. The van der Waals surface area contributed by atoms with Crippen molar-refractivity contribution in [2.75, 3.05) is 44.9 Å². The predicted octanol–water partition coefficient (Wildman–Crippen LogP) is 0.858. The molecule has 1 saturated carbocycles. The van der Waals surface area contributed by atoms with Crippen LogP contribution < -0.4 is 19.9 Å². The molecule has 2 saturated heterocycles. The molecule has 2 N–H and O–H groups in total. The van der Waals surface area contributed by atoms with E-state index in [0.717, 1.165) is 57.6 Å².